The highest BCUT2D eigenvalue weighted by Gasteiger charge is 2.52. The summed E-state index contributed by atoms with van der Waals surface area (Å²) in [7, 11) is 0. The van der Waals surface area contributed by atoms with Gasteiger partial charge in [-0.1, -0.05) is 26.2 Å². The van der Waals surface area contributed by atoms with Crippen LogP contribution in [-0.2, 0) is 4.74 Å². The minimum atomic E-state index is 0.413. The summed E-state index contributed by atoms with van der Waals surface area (Å²) in [5.41, 5.74) is 0.984. The minimum absolute atomic E-state index is 0.413. The number of likely N-dealkylation sites (tertiary alicyclic amines) is 1. The highest BCUT2D eigenvalue weighted by molar-refractivity contribution is 5.03. The number of hydrogen-bond acceptors (Lipinski definition) is 2. The molecule has 0 aromatic rings. The molecule has 1 spiro atoms. The Morgan fingerprint density at radius 1 is 1.20 bits per heavy atom. The minimum Gasteiger partial charge on any atom is -0.380 e. The molecule has 0 aliphatic carbocycles. The first-order valence-corrected chi connectivity index (χ1v) is 6.41. The zero-order valence-electron chi connectivity index (χ0n) is 10.5. The molecule has 0 N–H and O–H groups in total. The molecule has 2 nitrogen and oxygen atoms in total. The lowest BCUT2D eigenvalue weighted by Gasteiger charge is -2.60. The van der Waals surface area contributed by atoms with E-state index in [0.29, 0.717) is 11.0 Å². The zero-order chi connectivity index (χ0) is 10.9. The highest BCUT2D eigenvalue weighted by atomic mass is 16.5. The molecule has 0 radical (unpaired) electrons. The topological polar surface area (TPSA) is 12.5 Å². The summed E-state index contributed by atoms with van der Waals surface area (Å²) in [6.07, 6.45) is 5.43. The van der Waals surface area contributed by atoms with E-state index < -0.39 is 0 Å². The van der Waals surface area contributed by atoms with E-state index in [1.807, 2.05) is 0 Å². The largest absolute Gasteiger partial charge is 0.380 e. The predicted octanol–water partition coefficient (Wildman–Crippen LogP) is 2.68. The molecule has 2 heterocycles. The maximum Gasteiger partial charge on any atom is 0.0569 e. The number of hydrogen-bond donors (Lipinski definition) is 0. The lowest BCUT2D eigenvalue weighted by Crippen LogP contribution is -2.70. The molecule has 0 aromatic heterocycles. The van der Waals surface area contributed by atoms with Gasteiger partial charge in [0.25, 0.3) is 0 Å². The average molecular weight is 211 g/mol. The van der Waals surface area contributed by atoms with Crippen molar-refractivity contribution in [1.82, 2.24) is 4.90 Å². The Hall–Kier alpha value is -0.0800. The molecule has 2 heteroatoms. The smallest absolute Gasteiger partial charge is 0.0569 e. The van der Waals surface area contributed by atoms with Crippen LogP contribution in [0.5, 0.6) is 0 Å². The molecule has 2 aliphatic rings. The normalized spacial score (nSPS) is 25.0. The molecule has 15 heavy (non-hydrogen) atoms. The van der Waals surface area contributed by atoms with Crippen molar-refractivity contribution in [3.8, 4) is 0 Å². The van der Waals surface area contributed by atoms with Crippen molar-refractivity contribution in [2.45, 2.75) is 52.0 Å². The third-order valence-electron chi connectivity index (χ3n) is 4.12. The molecular formula is C13H25NO. The number of unbranched alkanes of at least 4 members (excludes halogenated alkanes) is 2. The summed E-state index contributed by atoms with van der Waals surface area (Å²) in [6.45, 7) is 11.6. The van der Waals surface area contributed by atoms with E-state index in [1.54, 1.807) is 0 Å². The van der Waals surface area contributed by atoms with Crippen molar-refractivity contribution in [3.05, 3.63) is 0 Å². The van der Waals surface area contributed by atoms with Gasteiger partial charge in [-0.3, -0.25) is 4.90 Å². The van der Waals surface area contributed by atoms with Crippen molar-refractivity contribution in [2.75, 3.05) is 26.3 Å². The highest BCUT2D eigenvalue weighted by Crippen LogP contribution is 2.42. The number of nitrogens with zero attached hydrogens (tertiary/aromatic N) is 1. The van der Waals surface area contributed by atoms with Crippen LogP contribution in [0.15, 0.2) is 0 Å². The molecule has 0 saturated carbocycles. The van der Waals surface area contributed by atoms with Gasteiger partial charge in [0, 0.05) is 24.0 Å². The molecule has 0 amide bonds. The fourth-order valence-electron chi connectivity index (χ4n) is 2.73. The molecule has 0 aromatic carbocycles. The van der Waals surface area contributed by atoms with Gasteiger partial charge in [-0.2, -0.15) is 0 Å². The summed E-state index contributed by atoms with van der Waals surface area (Å²) in [5.74, 6) is 0. The van der Waals surface area contributed by atoms with Crippen LogP contribution in [0.25, 0.3) is 0 Å². The Balaban J connectivity index is 1.73. The van der Waals surface area contributed by atoms with Crippen LogP contribution in [0.3, 0.4) is 0 Å². The summed E-state index contributed by atoms with van der Waals surface area (Å²) in [4.78, 5) is 2.64. The first-order valence-electron chi connectivity index (χ1n) is 6.41. The Kier molecular flexibility index (Phi) is 3.09. The van der Waals surface area contributed by atoms with Crippen LogP contribution < -0.4 is 0 Å². The molecule has 88 valence electrons. The van der Waals surface area contributed by atoms with Crippen molar-refractivity contribution >= 4 is 0 Å². The summed E-state index contributed by atoms with van der Waals surface area (Å²) in [6, 6.07) is 0. The SMILES string of the molecule is CCCCCC(C)(C)N1CC2(COC2)C1. The second-order valence-electron chi connectivity index (χ2n) is 6.12. The zero-order valence-corrected chi connectivity index (χ0v) is 10.5. The quantitative estimate of drug-likeness (QED) is 0.648. The Morgan fingerprint density at radius 3 is 2.33 bits per heavy atom. The lowest BCUT2D eigenvalue weighted by molar-refractivity contribution is -0.210. The molecule has 2 aliphatic heterocycles. The fourth-order valence-corrected chi connectivity index (χ4v) is 2.73. The first kappa shape index (κ1) is 11.4. The molecule has 0 unspecified atom stereocenters. The standard InChI is InChI=1S/C13H25NO/c1-4-5-6-7-12(2,3)14-8-13(9-14)10-15-11-13/h4-11H2,1-3H3. The molecular weight excluding hydrogens is 186 g/mol. The van der Waals surface area contributed by atoms with Crippen LogP contribution in [-0.4, -0.2) is 36.7 Å². The van der Waals surface area contributed by atoms with Gasteiger partial charge >= 0.3 is 0 Å². The Labute approximate surface area is 94.0 Å². The second kappa shape index (κ2) is 4.06. The maximum atomic E-state index is 5.31. The molecule has 2 saturated heterocycles. The van der Waals surface area contributed by atoms with Gasteiger partial charge < -0.3 is 4.74 Å². The van der Waals surface area contributed by atoms with Crippen LogP contribution in [0.4, 0.5) is 0 Å². The van der Waals surface area contributed by atoms with Gasteiger partial charge in [-0.05, 0) is 20.3 Å². The van der Waals surface area contributed by atoms with Crippen molar-refractivity contribution in [3.63, 3.8) is 0 Å². The van der Waals surface area contributed by atoms with E-state index in [4.69, 9.17) is 4.74 Å². The van der Waals surface area contributed by atoms with Crippen LogP contribution in [0.2, 0.25) is 0 Å². The second-order valence-corrected chi connectivity index (χ2v) is 6.12. The lowest BCUT2D eigenvalue weighted by atomic mass is 9.74. The van der Waals surface area contributed by atoms with Crippen molar-refractivity contribution in [2.24, 2.45) is 5.41 Å². The molecule has 2 fully saturated rings. The van der Waals surface area contributed by atoms with Gasteiger partial charge in [-0.25, -0.2) is 0 Å². The van der Waals surface area contributed by atoms with Gasteiger partial charge in [-0.15, -0.1) is 0 Å². The number of ether oxygens (including phenoxy) is 1. The van der Waals surface area contributed by atoms with Gasteiger partial charge in [0.2, 0.25) is 0 Å². The third-order valence-corrected chi connectivity index (χ3v) is 4.12. The Bertz CT molecular complexity index is 213. The van der Waals surface area contributed by atoms with E-state index in [0.717, 1.165) is 13.2 Å². The third kappa shape index (κ3) is 2.21. The van der Waals surface area contributed by atoms with Crippen LogP contribution in [0.1, 0.15) is 46.5 Å². The van der Waals surface area contributed by atoms with Crippen molar-refractivity contribution in [1.29, 1.82) is 0 Å². The monoisotopic (exact) mass is 211 g/mol. The summed E-state index contributed by atoms with van der Waals surface area (Å²) >= 11 is 0. The average Bonchev–Trinajstić information content (AvgIpc) is 1.98. The van der Waals surface area contributed by atoms with Crippen LogP contribution >= 0.6 is 0 Å². The van der Waals surface area contributed by atoms with E-state index in [9.17, 15) is 0 Å². The fraction of sp³-hybridized carbons (Fsp3) is 1.00. The summed E-state index contributed by atoms with van der Waals surface area (Å²) < 4.78 is 5.31. The summed E-state index contributed by atoms with van der Waals surface area (Å²) in [5, 5.41) is 0. The van der Waals surface area contributed by atoms with E-state index in [2.05, 4.69) is 25.7 Å². The number of rotatable bonds is 5. The first-order chi connectivity index (χ1) is 7.08. The van der Waals surface area contributed by atoms with Gasteiger partial charge in [0.05, 0.1) is 13.2 Å². The van der Waals surface area contributed by atoms with E-state index in [-0.39, 0.29) is 0 Å². The van der Waals surface area contributed by atoms with Gasteiger partial charge in [0.15, 0.2) is 0 Å². The van der Waals surface area contributed by atoms with E-state index in [1.165, 1.54) is 38.8 Å². The molecule has 0 bridgehead atoms. The molecule has 2 rings (SSSR count). The predicted molar refractivity (Wildman–Crippen MR) is 63.0 cm³/mol. The van der Waals surface area contributed by atoms with Crippen molar-refractivity contribution < 1.29 is 4.74 Å². The van der Waals surface area contributed by atoms with Gasteiger partial charge in [0.1, 0.15) is 0 Å². The maximum absolute atomic E-state index is 5.31. The van der Waals surface area contributed by atoms with Crippen LogP contribution in [0, 0.1) is 5.41 Å². The van der Waals surface area contributed by atoms with E-state index >= 15 is 0 Å². The Morgan fingerprint density at radius 2 is 1.87 bits per heavy atom. The molecule has 0 atom stereocenters.